The molecule has 0 spiro atoms. The Kier molecular flexibility index (Phi) is 4.10. The maximum Gasteiger partial charge on any atom is 0.0415 e. The summed E-state index contributed by atoms with van der Waals surface area (Å²) in [5.41, 5.74) is 2.73. The summed E-state index contributed by atoms with van der Waals surface area (Å²) in [5.74, 6) is 0. The molecule has 0 heterocycles. The van der Waals surface area contributed by atoms with Gasteiger partial charge in [-0.1, -0.05) is 15.9 Å². The van der Waals surface area contributed by atoms with Crippen molar-refractivity contribution in [3.8, 4) is 0 Å². The first-order chi connectivity index (χ1) is 8.13. The smallest absolute Gasteiger partial charge is 0.0415 e. The van der Waals surface area contributed by atoms with Crippen molar-refractivity contribution in [2.45, 2.75) is 38.3 Å². The number of nitrogens with zero attached hydrogens (tertiary/aromatic N) is 1. The summed E-state index contributed by atoms with van der Waals surface area (Å²) in [4.78, 5) is 2.44. The molecule has 1 aliphatic rings. The van der Waals surface area contributed by atoms with E-state index in [-0.39, 0.29) is 0 Å². The van der Waals surface area contributed by atoms with Crippen molar-refractivity contribution in [3.63, 3.8) is 0 Å². The zero-order valence-electron chi connectivity index (χ0n) is 10.8. The molecule has 1 aliphatic carbocycles. The number of rotatable bonds is 4. The van der Waals surface area contributed by atoms with Gasteiger partial charge in [0, 0.05) is 29.3 Å². The molecular formula is C14H21BrN2. The van der Waals surface area contributed by atoms with Crippen molar-refractivity contribution in [1.29, 1.82) is 0 Å². The molecule has 1 aromatic rings. The second-order valence-electron chi connectivity index (χ2n) is 4.91. The van der Waals surface area contributed by atoms with Crippen LogP contribution in [0.1, 0.15) is 37.8 Å². The Hall–Kier alpha value is -0.540. The highest BCUT2D eigenvalue weighted by atomic mass is 79.9. The Morgan fingerprint density at radius 2 is 2.12 bits per heavy atom. The van der Waals surface area contributed by atoms with Gasteiger partial charge in [0.2, 0.25) is 0 Å². The SMILES string of the molecule is CNC(C)c1cc(Br)ccc1N(C)C1CCC1. The van der Waals surface area contributed by atoms with Crippen LogP contribution in [0.4, 0.5) is 5.69 Å². The topological polar surface area (TPSA) is 15.3 Å². The van der Waals surface area contributed by atoms with E-state index in [2.05, 4.69) is 58.3 Å². The minimum atomic E-state index is 0.380. The van der Waals surface area contributed by atoms with Crippen LogP contribution >= 0.6 is 15.9 Å². The first-order valence-corrected chi connectivity index (χ1v) is 7.12. The predicted molar refractivity (Wildman–Crippen MR) is 77.7 cm³/mol. The molecule has 94 valence electrons. The molecule has 1 atom stereocenters. The van der Waals surface area contributed by atoms with Gasteiger partial charge in [-0.2, -0.15) is 0 Å². The third-order valence-electron chi connectivity index (χ3n) is 3.89. The summed E-state index contributed by atoms with van der Waals surface area (Å²) in [7, 11) is 4.23. The molecule has 1 N–H and O–H groups in total. The number of hydrogen-bond acceptors (Lipinski definition) is 2. The molecule has 0 amide bonds. The lowest BCUT2D eigenvalue weighted by Crippen LogP contribution is -2.38. The van der Waals surface area contributed by atoms with E-state index in [0.717, 1.165) is 10.5 Å². The van der Waals surface area contributed by atoms with Crippen LogP contribution in [0.2, 0.25) is 0 Å². The van der Waals surface area contributed by atoms with Gasteiger partial charge < -0.3 is 10.2 Å². The fourth-order valence-electron chi connectivity index (χ4n) is 2.32. The average Bonchev–Trinajstić information content (AvgIpc) is 2.25. The van der Waals surface area contributed by atoms with Gasteiger partial charge in [-0.05, 0) is 57.0 Å². The summed E-state index contributed by atoms with van der Waals surface area (Å²) in [6, 6.07) is 7.71. The van der Waals surface area contributed by atoms with Gasteiger partial charge in [0.25, 0.3) is 0 Å². The van der Waals surface area contributed by atoms with Crippen LogP contribution in [0.5, 0.6) is 0 Å². The molecule has 0 aliphatic heterocycles. The van der Waals surface area contributed by atoms with Crippen LogP contribution in [0.25, 0.3) is 0 Å². The molecule has 3 heteroatoms. The third kappa shape index (κ3) is 2.66. The first kappa shape index (κ1) is 12.9. The average molecular weight is 297 g/mol. The highest BCUT2D eigenvalue weighted by Gasteiger charge is 2.24. The van der Waals surface area contributed by atoms with E-state index < -0.39 is 0 Å². The normalized spacial score (nSPS) is 17.6. The molecule has 0 radical (unpaired) electrons. The van der Waals surface area contributed by atoms with Crippen LogP contribution in [-0.4, -0.2) is 20.1 Å². The fourth-order valence-corrected chi connectivity index (χ4v) is 2.70. The molecule has 2 rings (SSSR count). The zero-order valence-corrected chi connectivity index (χ0v) is 12.4. The van der Waals surface area contributed by atoms with Crippen LogP contribution in [0, 0.1) is 0 Å². The Morgan fingerprint density at radius 1 is 1.41 bits per heavy atom. The van der Waals surface area contributed by atoms with Gasteiger partial charge in [-0.3, -0.25) is 0 Å². The molecule has 1 fully saturated rings. The van der Waals surface area contributed by atoms with Gasteiger partial charge in [-0.25, -0.2) is 0 Å². The standard InChI is InChI=1S/C14H21BrN2/c1-10(16-2)13-9-11(15)7-8-14(13)17(3)12-5-4-6-12/h7-10,12,16H,4-6H2,1-3H3. The molecule has 1 unspecified atom stereocenters. The minimum Gasteiger partial charge on any atom is -0.371 e. The van der Waals surface area contributed by atoms with Crippen LogP contribution < -0.4 is 10.2 Å². The molecule has 0 saturated heterocycles. The maximum absolute atomic E-state index is 3.56. The monoisotopic (exact) mass is 296 g/mol. The van der Waals surface area contributed by atoms with Crippen molar-refractivity contribution < 1.29 is 0 Å². The summed E-state index contributed by atoms with van der Waals surface area (Å²) in [6.45, 7) is 2.21. The van der Waals surface area contributed by atoms with Crippen molar-refractivity contribution in [3.05, 3.63) is 28.2 Å². The van der Waals surface area contributed by atoms with Gasteiger partial charge in [-0.15, -0.1) is 0 Å². The summed E-state index contributed by atoms with van der Waals surface area (Å²) < 4.78 is 1.15. The number of anilines is 1. The highest BCUT2D eigenvalue weighted by molar-refractivity contribution is 9.10. The van der Waals surface area contributed by atoms with Gasteiger partial charge >= 0.3 is 0 Å². The number of halogens is 1. The summed E-state index contributed by atoms with van der Waals surface area (Å²) in [6.07, 6.45) is 4.04. The molecule has 1 saturated carbocycles. The number of nitrogens with one attached hydrogen (secondary N) is 1. The molecule has 17 heavy (non-hydrogen) atoms. The zero-order chi connectivity index (χ0) is 12.4. The third-order valence-corrected chi connectivity index (χ3v) is 4.38. The molecule has 0 aromatic heterocycles. The maximum atomic E-state index is 3.56. The molecule has 0 bridgehead atoms. The Morgan fingerprint density at radius 3 is 2.65 bits per heavy atom. The van der Waals surface area contributed by atoms with Crippen LogP contribution in [0.3, 0.4) is 0 Å². The quantitative estimate of drug-likeness (QED) is 0.911. The van der Waals surface area contributed by atoms with Crippen molar-refractivity contribution in [2.75, 3.05) is 19.0 Å². The van der Waals surface area contributed by atoms with E-state index >= 15 is 0 Å². The fraction of sp³-hybridized carbons (Fsp3) is 0.571. The lowest BCUT2D eigenvalue weighted by Gasteiger charge is -2.38. The first-order valence-electron chi connectivity index (χ1n) is 6.33. The number of benzene rings is 1. The predicted octanol–water partition coefficient (Wildman–Crippen LogP) is 3.72. The van der Waals surface area contributed by atoms with E-state index in [4.69, 9.17) is 0 Å². The summed E-state index contributed by atoms with van der Waals surface area (Å²) in [5, 5.41) is 3.33. The van der Waals surface area contributed by atoms with Crippen molar-refractivity contribution in [1.82, 2.24) is 5.32 Å². The van der Waals surface area contributed by atoms with E-state index in [1.165, 1.54) is 30.5 Å². The Balaban J connectivity index is 2.30. The van der Waals surface area contributed by atoms with E-state index in [9.17, 15) is 0 Å². The van der Waals surface area contributed by atoms with Crippen LogP contribution in [-0.2, 0) is 0 Å². The van der Waals surface area contributed by atoms with Gasteiger partial charge in [0.1, 0.15) is 0 Å². The van der Waals surface area contributed by atoms with E-state index in [0.29, 0.717) is 6.04 Å². The molecule has 2 nitrogen and oxygen atoms in total. The van der Waals surface area contributed by atoms with Crippen molar-refractivity contribution in [2.24, 2.45) is 0 Å². The highest BCUT2D eigenvalue weighted by Crippen LogP contribution is 2.34. The van der Waals surface area contributed by atoms with E-state index in [1.807, 2.05) is 7.05 Å². The molecular weight excluding hydrogens is 276 g/mol. The second kappa shape index (κ2) is 5.40. The Bertz CT molecular complexity index is 388. The Labute approximate surface area is 113 Å². The van der Waals surface area contributed by atoms with Gasteiger partial charge in [0.05, 0.1) is 0 Å². The lowest BCUT2D eigenvalue weighted by atomic mass is 9.90. The van der Waals surface area contributed by atoms with Crippen molar-refractivity contribution >= 4 is 21.6 Å². The molecule has 1 aromatic carbocycles. The lowest BCUT2D eigenvalue weighted by molar-refractivity contribution is 0.400. The largest absolute Gasteiger partial charge is 0.371 e. The summed E-state index contributed by atoms with van der Waals surface area (Å²) >= 11 is 3.56. The minimum absolute atomic E-state index is 0.380. The van der Waals surface area contributed by atoms with E-state index in [1.54, 1.807) is 0 Å². The van der Waals surface area contributed by atoms with Crippen LogP contribution in [0.15, 0.2) is 22.7 Å². The number of hydrogen-bond donors (Lipinski definition) is 1. The van der Waals surface area contributed by atoms with Gasteiger partial charge in [0.15, 0.2) is 0 Å². The second-order valence-corrected chi connectivity index (χ2v) is 5.82.